The third-order valence-corrected chi connectivity index (χ3v) is 3.75. The van der Waals surface area contributed by atoms with Crippen molar-refractivity contribution in [3.8, 4) is 5.75 Å². The first kappa shape index (κ1) is 18.7. The Bertz CT molecular complexity index is 689. The molecule has 1 atom stereocenters. The fraction of sp³-hybridized carbons (Fsp3) is 0.368. The molecule has 1 aromatic heterocycles. The summed E-state index contributed by atoms with van der Waals surface area (Å²) in [6.07, 6.45) is 2.71. The number of rotatable bonds is 7. The SMILES string of the molecule is CCNC(=NCc1ccc(C)cc1OC)NCC(O)c1ccncc1. The first-order valence-corrected chi connectivity index (χ1v) is 8.37. The zero-order chi connectivity index (χ0) is 18.1. The van der Waals surface area contributed by atoms with Crippen LogP contribution in [0.4, 0.5) is 0 Å². The molecular weight excluding hydrogens is 316 g/mol. The molecular formula is C19H26N4O2. The number of benzene rings is 1. The Morgan fingerprint density at radius 3 is 2.68 bits per heavy atom. The summed E-state index contributed by atoms with van der Waals surface area (Å²) in [6.45, 7) is 5.62. The van der Waals surface area contributed by atoms with E-state index >= 15 is 0 Å². The Morgan fingerprint density at radius 1 is 1.24 bits per heavy atom. The molecule has 0 spiro atoms. The van der Waals surface area contributed by atoms with Crippen molar-refractivity contribution in [1.29, 1.82) is 0 Å². The lowest BCUT2D eigenvalue weighted by atomic mass is 10.1. The van der Waals surface area contributed by atoms with Crippen molar-refractivity contribution in [3.63, 3.8) is 0 Å². The Kier molecular flexibility index (Phi) is 7.22. The van der Waals surface area contributed by atoms with Gasteiger partial charge in [0, 0.05) is 31.0 Å². The van der Waals surface area contributed by atoms with Crippen LogP contribution in [0.15, 0.2) is 47.7 Å². The molecule has 6 heteroatoms. The van der Waals surface area contributed by atoms with Crippen molar-refractivity contribution in [3.05, 3.63) is 59.4 Å². The number of aliphatic hydroxyl groups is 1. The van der Waals surface area contributed by atoms with Crippen molar-refractivity contribution >= 4 is 5.96 Å². The van der Waals surface area contributed by atoms with Crippen molar-refractivity contribution in [2.45, 2.75) is 26.5 Å². The monoisotopic (exact) mass is 342 g/mol. The number of aliphatic hydroxyl groups excluding tert-OH is 1. The van der Waals surface area contributed by atoms with E-state index in [0.717, 1.165) is 29.0 Å². The van der Waals surface area contributed by atoms with Gasteiger partial charge in [-0.2, -0.15) is 0 Å². The molecule has 0 amide bonds. The highest BCUT2D eigenvalue weighted by Crippen LogP contribution is 2.20. The average Bonchev–Trinajstić information content (AvgIpc) is 2.65. The molecule has 2 rings (SSSR count). The molecule has 1 heterocycles. The minimum atomic E-state index is -0.624. The Balaban J connectivity index is 2.01. The van der Waals surface area contributed by atoms with Crippen LogP contribution in [0.2, 0.25) is 0 Å². The van der Waals surface area contributed by atoms with Crippen LogP contribution in [0.25, 0.3) is 0 Å². The lowest BCUT2D eigenvalue weighted by molar-refractivity contribution is 0.180. The second-order valence-electron chi connectivity index (χ2n) is 5.69. The van der Waals surface area contributed by atoms with Gasteiger partial charge in [-0.1, -0.05) is 12.1 Å². The van der Waals surface area contributed by atoms with Gasteiger partial charge >= 0.3 is 0 Å². The smallest absolute Gasteiger partial charge is 0.191 e. The maximum absolute atomic E-state index is 10.2. The number of methoxy groups -OCH3 is 1. The highest BCUT2D eigenvalue weighted by Gasteiger charge is 2.08. The molecule has 25 heavy (non-hydrogen) atoms. The number of guanidine groups is 1. The van der Waals surface area contributed by atoms with Gasteiger partial charge in [-0.05, 0) is 43.2 Å². The molecule has 0 fully saturated rings. The molecule has 3 N–H and O–H groups in total. The summed E-state index contributed by atoms with van der Waals surface area (Å²) >= 11 is 0. The first-order chi connectivity index (χ1) is 12.1. The predicted octanol–water partition coefficient (Wildman–Crippen LogP) is 2.19. The number of nitrogens with zero attached hydrogens (tertiary/aromatic N) is 2. The van der Waals surface area contributed by atoms with Crippen LogP contribution in [-0.4, -0.2) is 36.2 Å². The maximum Gasteiger partial charge on any atom is 0.191 e. The molecule has 0 saturated heterocycles. The van der Waals surface area contributed by atoms with Crippen LogP contribution < -0.4 is 15.4 Å². The highest BCUT2D eigenvalue weighted by molar-refractivity contribution is 5.79. The van der Waals surface area contributed by atoms with Gasteiger partial charge in [0.2, 0.25) is 0 Å². The molecule has 2 aromatic rings. The van der Waals surface area contributed by atoms with Crippen LogP contribution in [0.1, 0.15) is 29.7 Å². The third kappa shape index (κ3) is 5.76. The largest absolute Gasteiger partial charge is 0.496 e. The minimum Gasteiger partial charge on any atom is -0.496 e. The lowest BCUT2D eigenvalue weighted by Crippen LogP contribution is -2.39. The zero-order valence-corrected chi connectivity index (χ0v) is 15.0. The van der Waals surface area contributed by atoms with Gasteiger partial charge in [0.25, 0.3) is 0 Å². The van der Waals surface area contributed by atoms with Gasteiger partial charge < -0.3 is 20.5 Å². The molecule has 1 aromatic carbocycles. The molecule has 0 aliphatic rings. The van der Waals surface area contributed by atoms with Gasteiger partial charge in [-0.3, -0.25) is 4.98 Å². The van der Waals surface area contributed by atoms with Gasteiger partial charge in [-0.25, -0.2) is 4.99 Å². The fourth-order valence-corrected chi connectivity index (χ4v) is 2.39. The molecule has 134 valence electrons. The van der Waals surface area contributed by atoms with E-state index in [2.05, 4.69) is 20.6 Å². The lowest BCUT2D eigenvalue weighted by Gasteiger charge is -2.16. The summed E-state index contributed by atoms with van der Waals surface area (Å²) in [7, 11) is 1.66. The molecule has 0 aliphatic heterocycles. The number of aryl methyl sites for hydroxylation is 1. The summed E-state index contributed by atoms with van der Waals surface area (Å²) in [5.74, 6) is 1.48. The Hall–Kier alpha value is -2.60. The van der Waals surface area contributed by atoms with Crippen LogP contribution in [-0.2, 0) is 6.54 Å². The van der Waals surface area contributed by atoms with Gasteiger partial charge in [0.15, 0.2) is 5.96 Å². The maximum atomic E-state index is 10.2. The van der Waals surface area contributed by atoms with E-state index in [4.69, 9.17) is 4.74 Å². The van der Waals surface area contributed by atoms with E-state index < -0.39 is 6.10 Å². The van der Waals surface area contributed by atoms with Gasteiger partial charge in [0.1, 0.15) is 5.75 Å². The van der Waals surface area contributed by atoms with Crippen molar-refractivity contribution < 1.29 is 9.84 Å². The van der Waals surface area contributed by atoms with Crippen molar-refractivity contribution in [1.82, 2.24) is 15.6 Å². The fourth-order valence-electron chi connectivity index (χ4n) is 2.39. The van der Waals surface area contributed by atoms with Crippen molar-refractivity contribution in [2.75, 3.05) is 20.2 Å². The number of ether oxygens (including phenoxy) is 1. The molecule has 0 saturated carbocycles. The Morgan fingerprint density at radius 2 is 2.00 bits per heavy atom. The highest BCUT2D eigenvalue weighted by atomic mass is 16.5. The van der Waals surface area contributed by atoms with Gasteiger partial charge in [-0.15, -0.1) is 0 Å². The summed E-state index contributed by atoms with van der Waals surface area (Å²) in [5.41, 5.74) is 2.98. The molecule has 6 nitrogen and oxygen atoms in total. The normalized spacial score (nSPS) is 12.6. The second kappa shape index (κ2) is 9.64. The number of pyridine rings is 1. The summed E-state index contributed by atoms with van der Waals surface area (Å²) in [4.78, 5) is 8.54. The van der Waals surface area contributed by atoms with E-state index in [1.54, 1.807) is 31.6 Å². The number of aromatic nitrogens is 1. The predicted molar refractivity (Wildman–Crippen MR) is 99.7 cm³/mol. The quantitative estimate of drug-likeness (QED) is 0.531. The van der Waals surface area contributed by atoms with E-state index in [1.807, 2.05) is 32.0 Å². The third-order valence-electron chi connectivity index (χ3n) is 3.75. The summed E-state index contributed by atoms with van der Waals surface area (Å²) in [5, 5.41) is 16.6. The van der Waals surface area contributed by atoms with E-state index in [1.165, 1.54) is 0 Å². The van der Waals surface area contributed by atoms with Crippen LogP contribution in [0.3, 0.4) is 0 Å². The molecule has 0 aliphatic carbocycles. The summed E-state index contributed by atoms with van der Waals surface area (Å²) < 4.78 is 5.42. The van der Waals surface area contributed by atoms with E-state index in [9.17, 15) is 5.11 Å². The van der Waals surface area contributed by atoms with Crippen LogP contribution >= 0.6 is 0 Å². The average molecular weight is 342 g/mol. The number of nitrogens with one attached hydrogen (secondary N) is 2. The zero-order valence-electron chi connectivity index (χ0n) is 15.0. The van der Waals surface area contributed by atoms with Crippen LogP contribution in [0.5, 0.6) is 5.75 Å². The van der Waals surface area contributed by atoms with E-state index in [0.29, 0.717) is 19.0 Å². The topological polar surface area (TPSA) is 78.8 Å². The van der Waals surface area contributed by atoms with Gasteiger partial charge in [0.05, 0.1) is 19.8 Å². The Labute approximate surface area is 149 Å². The van der Waals surface area contributed by atoms with E-state index in [-0.39, 0.29) is 0 Å². The molecule has 0 bridgehead atoms. The molecule has 0 radical (unpaired) electrons. The van der Waals surface area contributed by atoms with Crippen LogP contribution in [0, 0.1) is 6.92 Å². The first-order valence-electron chi connectivity index (χ1n) is 8.37. The number of aliphatic imine (C=N–C) groups is 1. The number of hydrogen-bond donors (Lipinski definition) is 3. The second-order valence-corrected chi connectivity index (χ2v) is 5.69. The minimum absolute atomic E-state index is 0.362. The standard InChI is InChI=1S/C19H26N4O2/c1-4-21-19(23-13-17(24)15-7-9-20-10-8-15)22-12-16-6-5-14(2)11-18(16)25-3/h5-11,17,24H,4,12-13H2,1-3H3,(H2,21,22,23). The number of hydrogen-bond acceptors (Lipinski definition) is 4. The molecule has 1 unspecified atom stereocenters. The summed E-state index contributed by atoms with van der Waals surface area (Å²) in [6, 6.07) is 9.66. The van der Waals surface area contributed by atoms with Crippen molar-refractivity contribution in [2.24, 2.45) is 4.99 Å².